The van der Waals surface area contributed by atoms with Crippen LogP contribution in [0.15, 0.2) is 12.1 Å². The molecule has 0 aromatic heterocycles. The first-order valence-corrected chi connectivity index (χ1v) is 5.70. The Morgan fingerprint density at radius 1 is 1.10 bits per heavy atom. The van der Waals surface area contributed by atoms with Crippen molar-refractivity contribution in [1.29, 1.82) is 0 Å². The average Bonchev–Trinajstić information content (AvgIpc) is 2.25. The molecule has 0 amide bonds. The van der Waals surface area contributed by atoms with Crippen LogP contribution < -0.4 is 5.11 Å². The van der Waals surface area contributed by atoms with Crippen molar-refractivity contribution < 1.29 is 19.7 Å². The highest BCUT2D eigenvalue weighted by Gasteiger charge is 2.30. The van der Waals surface area contributed by atoms with Crippen molar-refractivity contribution in [3.63, 3.8) is 0 Å². The molecule has 8 nitrogen and oxygen atoms in total. The number of aromatic carboxylic acids is 1. The van der Waals surface area contributed by atoms with Crippen LogP contribution in [0.4, 0.5) is 11.4 Å². The Bertz CT molecular complexity index is 553. The molecule has 0 aliphatic heterocycles. The van der Waals surface area contributed by atoms with Crippen LogP contribution in [0.1, 0.15) is 36.7 Å². The summed E-state index contributed by atoms with van der Waals surface area (Å²) < 4.78 is 0. The largest absolute Gasteiger partial charge is 0.545 e. The summed E-state index contributed by atoms with van der Waals surface area (Å²) in [5.74, 6) is -1.70. The minimum atomic E-state index is -1.70. The van der Waals surface area contributed by atoms with Crippen molar-refractivity contribution in [2.45, 2.75) is 27.2 Å². The van der Waals surface area contributed by atoms with Crippen LogP contribution in [0.2, 0.25) is 0 Å². The van der Waals surface area contributed by atoms with Gasteiger partial charge in [0.2, 0.25) is 0 Å². The van der Waals surface area contributed by atoms with Gasteiger partial charge in [-0.05, 0) is 11.8 Å². The van der Waals surface area contributed by atoms with Gasteiger partial charge in [0.1, 0.15) is 5.56 Å². The first-order valence-electron chi connectivity index (χ1n) is 5.70. The zero-order valence-corrected chi connectivity index (χ0v) is 11.2. The van der Waals surface area contributed by atoms with Crippen LogP contribution in [0.5, 0.6) is 0 Å². The third kappa shape index (κ3) is 3.50. The Morgan fingerprint density at radius 2 is 1.50 bits per heavy atom. The molecule has 1 rings (SSSR count). The molecule has 0 unspecified atom stereocenters. The van der Waals surface area contributed by atoms with Crippen LogP contribution in [-0.4, -0.2) is 15.8 Å². The van der Waals surface area contributed by atoms with Crippen molar-refractivity contribution in [3.05, 3.63) is 43.5 Å². The van der Waals surface area contributed by atoms with Gasteiger partial charge in [0, 0.05) is 17.7 Å². The number of carboxylic acid groups (broad SMARTS) is 1. The summed E-state index contributed by atoms with van der Waals surface area (Å²) >= 11 is 0. The lowest BCUT2D eigenvalue weighted by Gasteiger charge is -2.18. The molecule has 20 heavy (non-hydrogen) atoms. The van der Waals surface area contributed by atoms with E-state index in [9.17, 15) is 30.1 Å². The molecule has 108 valence electrons. The summed E-state index contributed by atoms with van der Waals surface area (Å²) in [7, 11) is 0. The van der Waals surface area contributed by atoms with Gasteiger partial charge in [-0.1, -0.05) is 20.8 Å². The quantitative estimate of drug-likeness (QED) is 0.607. The minimum absolute atomic E-state index is 0.0763. The highest BCUT2D eigenvalue weighted by Crippen LogP contribution is 2.35. The lowest BCUT2D eigenvalue weighted by molar-refractivity contribution is -0.395. The van der Waals surface area contributed by atoms with Crippen molar-refractivity contribution >= 4 is 17.3 Å². The van der Waals surface area contributed by atoms with Crippen LogP contribution in [0, 0.1) is 25.6 Å². The molecular weight excluding hydrogens is 268 g/mol. The smallest absolute Gasteiger partial charge is 0.280 e. The predicted molar refractivity (Wildman–Crippen MR) is 67.2 cm³/mol. The van der Waals surface area contributed by atoms with E-state index in [0.717, 1.165) is 12.1 Å². The molecule has 0 spiro atoms. The van der Waals surface area contributed by atoms with Crippen LogP contribution in [0.25, 0.3) is 0 Å². The van der Waals surface area contributed by atoms with E-state index in [1.54, 1.807) is 20.8 Å². The second-order valence-electron chi connectivity index (χ2n) is 5.53. The van der Waals surface area contributed by atoms with E-state index in [-0.39, 0.29) is 12.0 Å². The number of carbonyl (C=O) groups excluding carboxylic acids is 1. The molecule has 0 atom stereocenters. The van der Waals surface area contributed by atoms with Crippen molar-refractivity contribution in [2.75, 3.05) is 0 Å². The number of benzene rings is 1. The molecule has 0 N–H and O–H groups in total. The highest BCUT2D eigenvalue weighted by molar-refractivity contribution is 5.88. The van der Waals surface area contributed by atoms with E-state index < -0.39 is 38.2 Å². The molecule has 0 radical (unpaired) electrons. The molecule has 0 heterocycles. The fraction of sp³-hybridized carbons (Fsp3) is 0.417. The summed E-state index contributed by atoms with van der Waals surface area (Å²) in [6.45, 7) is 5.31. The summed E-state index contributed by atoms with van der Waals surface area (Å²) in [6, 6.07) is 1.59. The van der Waals surface area contributed by atoms with Crippen molar-refractivity contribution in [1.82, 2.24) is 0 Å². The Labute approximate surface area is 114 Å². The van der Waals surface area contributed by atoms with E-state index in [4.69, 9.17) is 0 Å². The molecule has 0 aliphatic rings. The molecule has 0 saturated carbocycles. The van der Waals surface area contributed by atoms with Gasteiger partial charge in [-0.25, -0.2) is 0 Å². The fourth-order valence-corrected chi connectivity index (χ4v) is 1.80. The van der Waals surface area contributed by atoms with E-state index >= 15 is 0 Å². The summed E-state index contributed by atoms with van der Waals surface area (Å²) in [5, 5.41) is 32.8. The molecule has 1 aromatic rings. The van der Waals surface area contributed by atoms with Gasteiger partial charge >= 0.3 is 0 Å². The maximum Gasteiger partial charge on any atom is 0.280 e. The number of hydrogen-bond donors (Lipinski definition) is 0. The number of rotatable bonds is 4. The van der Waals surface area contributed by atoms with Crippen LogP contribution in [0.3, 0.4) is 0 Å². The maximum absolute atomic E-state index is 11.0. The lowest BCUT2D eigenvalue weighted by atomic mass is 9.86. The average molecular weight is 281 g/mol. The molecule has 0 aliphatic carbocycles. The Hall–Kier alpha value is -2.51. The first kappa shape index (κ1) is 15.5. The van der Waals surface area contributed by atoms with E-state index in [0.29, 0.717) is 0 Å². The van der Waals surface area contributed by atoms with Gasteiger partial charge in [-0.2, -0.15) is 0 Å². The fourth-order valence-electron chi connectivity index (χ4n) is 1.80. The van der Waals surface area contributed by atoms with Crippen molar-refractivity contribution in [3.8, 4) is 0 Å². The zero-order chi connectivity index (χ0) is 15.7. The third-order valence-electron chi connectivity index (χ3n) is 2.54. The summed E-state index contributed by atoms with van der Waals surface area (Å²) in [4.78, 5) is 31.2. The Balaban J connectivity index is 3.64. The molecular formula is C12H13N2O6-. The molecule has 1 aromatic carbocycles. The van der Waals surface area contributed by atoms with Crippen LogP contribution >= 0.6 is 0 Å². The predicted octanol–water partition coefficient (Wildman–Crippen LogP) is 1.46. The van der Waals surface area contributed by atoms with Gasteiger partial charge in [-0.15, -0.1) is 0 Å². The number of nitro groups is 2. The molecule has 0 fully saturated rings. The Morgan fingerprint density at radius 3 is 1.75 bits per heavy atom. The first-order chi connectivity index (χ1) is 9.03. The van der Waals surface area contributed by atoms with Gasteiger partial charge in [0.05, 0.1) is 15.8 Å². The zero-order valence-electron chi connectivity index (χ0n) is 11.2. The topological polar surface area (TPSA) is 126 Å². The lowest BCUT2D eigenvalue weighted by Crippen LogP contribution is -2.23. The normalized spacial score (nSPS) is 11.2. The Kier molecular flexibility index (Phi) is 4.07. The minimum Gasteiger partial charge on any atom is -0.545 e. The molecule has 8 heteroatoms. The van der Waals surface area contributed by atoms with E-state index in [1.807, 2.05) is 0 Å². The monoisotopic (exact) mass is 281 g/mol. The molecule has 0 bridgehead atoms. The second kappa shape index (κ2) is 5.24. The van der Waals surface area contributed by atoms with Crippen LogP contribution in [-0.2, 0) is 6.42 Å². The third-order valence-corrected chi connectivity index (χ3v) is 2.54. The van der Waals surface area contributed by atoms with Gasteiger partial charge < -0.3 is 9.90 Å². The van der Waals surface area contributed by atoms with Gasteiger partial charge in [0.25, 0.3) is 11.4 Å². The number of nitrogens with zero attached hydrogens (tertiary/aromatic N) is 2. The van der Waals surface area contributed by atoms with Crippen molar-refractivity contribution in [2.24, 2.45) is 5.41 Å². The standard InChI is InChI=1S/C12H14N2O6/c1-12(2,3)6-8-9(13(17)18)4-7(11(15)16)5-10(8)14(19)20/h4-5H,6H2,1-3H3,(H,15,16)/p-1. The maximum atomic E-state index is 11.0. The van der Waals surface area contributed by atoms with E-state index in [1.165, 1.54) is 0 Å². The highest BCUT2D eigenvalue weighted by atomic mass is 16.6. The molecule has 0 saturated heterocycles. The number of nitro benzene ring substituents is 2. The number of carboxylic acids is 1. The number of carbonyl (C=O) groups is 1. The van der Waals surface area contributed by atoms with E-state index in [2.05, 4.69) is 0 Å². The second-order valence-corrected chi connectivity index (χ2v) is 5.53. The van der Waals surface area contributed by atoms with Gasteiger partial charge in [0.15, 0.2) is 0 Å². The number of hydrogen-bond acceptors (Lipinski definition) is 6. The van der Waals surface area contributed by atoms with Gasteiger partial charge in [-0.3, -0.25) is 20.2 Å². The summed E-state index contributed by atoms with van der Waals surface area (Å²) in [6.07, 6.45) is 0.0763. The summed E-state index contributed by atoms with van der Waals surface area (Å²) in [5.41, 5.74) is -2.25. The SMILES string of the molecule is CC(C)(C)Cc1c([N+](=O)[O-])cc(C(=O)[O-])cc1[N+](=O)[O-].